The van der Waals surface area contributed by atoms with Gasteiger partial charge in [-0.15, -0.1) is 11.3 Å². The van der Waals surface area contributed by atoms with Crippen molar-refractivity contribution in [2.45, 2.75) is 20.8 Å². The van der Waals surface area contributed by atoms with Crippen LogP contribution in [0.1, 0.15) is 28.4 Å². The van der Waals surface area contributed by atoms with Gasteiger partial charge in [-0.05, 0) is 32.9 Å². The van der Waals surface area contributed by atoms with Crippen molar-refractivity contribution in [3.8, 4) is 0 Å². The maximum atomic E-state index is 12.1. The molecule has 0 aliphatic heterocycles. The van der Waals surface area contributed by atoms with Crippen LogP contribution in [0.5, 0.6) is 0 Å². The fourth-order valence-corrected chi connectivity index (χ4v) is 2.29. The van der Waals surface area contributed by atoms with Crippen LogP contribution in [0.4, 0.5) is 0 Å². The number of amides is 2. The van der Waals surface area contributed by atoms with Crippen molar-refractivity contribution in [1.29, 1.82) is 0 Å². The summed E-state index contributed by atoms with van der Waals surface area (Å²) in [6, 6.07) is 3.72. The minimum Gasteiger partial charge on any atom is -0.355 e. The summed E-state index contributed by atoms with van der Waals surface area (Å²) in [4.78, 5) is 26.9. The number of rotatable bonds is 5. The quantitative estimate of drug-likeness (QED) is 0.868. The van der Waals surface area contributed by atoms with E-state index in [9.17, 15) is 9.59 Å². The van der Waals surface area contributed by atoms with E-state index in [1.54, 1.807) is 4.90 Å². The van der Waals surface area contributed by atoms with Crippen LogP contribution in [-0.2, 0) is 4.79 Å². The SMILES string of the molecule is CCNC(=O)CN(CC)C(=O)c1ccc(C)s1. The van der Waals surface area contributed by atoms with E-state index < -0.39 is 0 Å². The van der Waals surface area contributed by atoms with Gasteiger partial charge in [-0.3, -0.25) is 9.59 Å². The van der Waals surface area contributed by atoms with Gasteiger partial charge in [0.15, 0.2) is 0 Å². The summed E-state index contributed by atoms with van der Waals surface area (Å²) in [6.45, 7) is 6.94. The van der Waals surface area contributed by atoms with Crippen LogP contribution < -0.4 is 5.32 Å². The van der Waals surface area contributed by atoms with Crippen molar-refractivity contribution in [3.05, 3.63) is 21.9 Å². The third-order valence-electron chi connectivity index (χ3n) is 2.33. The molecule has 1 rings (SSSR count). The molecule has 94 valence electrons. The van der Waals surface area contributed by atoms with Gasteiger partial charge >= 0.3 is 0 Å². The van der Waals surface area contributed by atoms with Crippen LogP contribution in [0.15, 0.2) is 12.1 Å². The highest BCUT2D eigenvalue weighted by Crippen LogP contribution is 2.17. The monoisotopic (exact) mass is 254 g/mol. The summed E-state index contributed by atoms with van der Waals surface area (Å²) >= 11 is 1.46. The van der Waals surface area contributed by atoms with E-state index in [0.29, 0.717) is 18.0 Å². The third-order valence-corrected chi connectivity index (χ3v) is 3.32. The number of thiophene rings is 1. The van der Waals surface area contributed by atoms with Crippen molar-refractivity contribution < 1.29 is 9.59 Å². The molecule has 0 saturated heterocycles. The smallest absolute Gasteiger partial charge is 0.264 e. The molecule has 0 fully saturated rings. The van der Waals surface area contributed by atoms with Crippen molar-refractivity contribution in [1.82, 2.24) is 10.2 Å². The van der Waals surface area contributed by atoms with Gasteiger partial charge in [-0.2, -0.15) is 0 Å². The summed E-state index contributed by atoms with van der Waals surface area (Å²) in [6.07, 6.45) is 0. The van der Waals surface area contributed by atoms with Gasteiger partial charge in [-0.1, -0.05) is 0 Å². The minimum absolute atomic E-state index is 0.0724. The zero-order valence-electron chi connectivity index (χ0n) is 10.4. The van der Waals surface area contributed by atoms with Crippen molar-refractivity contribution in [3.63, 3.8) is 0 Å². The molecule has 1 aromatic rings. The van der Waals surface area contributed by atoms with E-state index >= 15 is 0 Å². The molecule has 0 aromatic carbocycles. The molecular weight excluding hydrogens is 236 g/mol. The first-order valence-electron chi connectivity index (χ1n) is 5.70. The Balaban J connectivity index is 2.67. The van der Waals surface area contributed by atoms with E-state index in [1.807, 2.05) is 32.9 Å². The average molecular weight is 254 g/mol. The molecule has 0 atom stereocenters. The summed E-state index contributed by atoms with van der Waals surface area (Å²) in [7, 11) is 0. The van der Waals surface area contributed by atoms with Gasteiger partial charge in [0.05, 0.1) is 11.4 Å². The fourth-order valence-electron chi connectivity index (χ4n) is 1.46. The van der Waals surface area contributed by atoms with Crippen LogP contribution in [0.25, 0.3) is 0 Å². The highest BCUT2D eigenvalue weighted by atomic mass is 32.1. The Morgan fingerprint density at radius 1 is 1.35 bits per heavy atom. The van der Waals surface area contributed by atoms with Crippen molar-refractivity contribution in [2.24, 2.45) is 0 Å². The first-order valence-corrected chi connectivity index (χ1v) is 6.52. The molecule has 1 heterocycles. The number of carbonyl (C=O) groups is 2. The number of likely N-dealkylation sites (N-methyl/N-ethyl adjacent to an activating group) is 2. The lowest BCUT2D eigenvalue weighted by Crippen LogP contribution is -2.40. The second-order valence-electron chi connectivity index (χ2n) is 3.68. The standard InChI is InChI=1S/C12H18N2O2S/c1-4-13-11(15)8-14(5-2)12(16)10-7-6-9(3)17-10/h6-7H,4-5,8H2,1-3H3,(H,13,15). The lowest BCUT2D eigenvalue weighted by Gasteiger charge is -2.19. The number of hydrogen-bond acceptors (Lipinski definition) is 3. The molecule has 4 nitrogen and oxygen atoms in total. The Bertz CT molecular complexity index is 401. The Morgan fingerprint density at radius 2 is 2.06 bits per heavy atom. The van der Waals surface area contributed by atoms with Crippen molar-refractivity contribution in [2.75, 3.05) is 19.6 Å². The number of nitrogens with one attached hydrogen (secondary N) is 1. The van der Waals surface area contributed by atoms with Crippen LogP contribution in [0, 0.1) is 6.92 Å². The topological polar surface area (TPSA) is 49.4 Å². The number of nitrogens with zero attached hydrogens (tertiary/aromatic N) is 1. The molecule has 0 aliphatic rings. The molecule has 0 saturated carbocycles. The highest BCUT2D eigenvalue weighted by molar-refractivity contribution is 7.13. The zero-order chi connectivity index (χ0) is 12.8. The van der Waals surface area contributed by atoms with E-state index in [0.717, 1.165) is 4.88 Å². The van der Waals surface area contributed by atoms with Crippen LogP contribution in [0.3, 0.4) is 0 Å². The van der Waals surface area contributed by atoms with Gasteiger partial charge in [0, 0.05) is 18.0 Å². The summed E-state index contributed by atoms with van der Waals surface area (Å²) < 4.78 is 0. The third kappa shape index (κ3) is 3.85. The predicted octanol–water partition coefficient (Wildman–Crippen LogP) is 1.65. The number of carbonyl (C=O) groups excluding carboxylic acids is 2. The second kappa shape index (κ2) is 6.39. The molecule has 2 amide bonds. The van der Waals surface area contributed by atoms with Crippen LogP contribution in [-0.4, -0.2) is 36.3 Å². The Morgan fingerprint density at radius 3 is 2.53 bits per heavy atom. The molecule has 5 heteroatoms. The maximum Gasteiger partial charge on any atom is 0.264 e. The Kier molecular flexibility index (Phi) is 5.15. The molecule has 0 aliphatic carbocycles. The Hall–Kier alpha value is -1.36. The molecule has 0 spiro atoms. The molecule has 17 heavy (non-hydrogen) atoms. The van der Waals surface area contributed by atoms with Crippen LogP contribution in [0.2, 0.25) is 0 Å². The van der Waals surface area contributed by atoms with E-state index in [-0.39, 0.29) is 18.4 Å². The van der Waals surface area contributed by atoms with E-state index in [2.05, 4.69) is 5.32 Å². The molecule has 0 bridgehead atoms. The summed E-state index contributed by atoms with van der Waals surface area (Å²) in [5, 5.41) is 2.69. The van der Waals surface area contributed by atoms with Gasteiger partial charge < -0.3 is 10.2 Å². The number of aryl methyl sites for hydroxylation is 1. The largest absolute Gasteiger partial charge is 0.355 e. The summed E-state index contributed by atoms with van der Waals surface area (Å²) in [5.41, 5.74) is 0. The highest BCUT2D eigenvalue weighted by Gasteiger charge is 2.18. The number of hydrogen-bond donors (Lipinski definition) is 1. The van der Waals surface area contributed by atoms with E-state index in [1.165, 1.54) is 11.3 Å². The van der Waals surface area contributed by atoms with Crippen LogP contribution >= 0.6 is 11.3 Å². The lowest BCUT2D eigenvalue weighted by atomic mass is 10.3. The Labute approximate surface area is 106 Å². The lowest BCUT2D eigenvalue weighted by molar-refractivity contribution is -0.121. The molecule has 0 radical (unpaired) electrons. The molecular formula is C12H18N2O2S. The van der Waals surface area contributed by atoms with E-state index in [4.69, 9.17) is 0 Å². The van der Waals surface area contributed by atoms with Gasteiger partial charge in [0.1, 0.15) is 0 Å². The second-order valence-corrected chi connectivity index (χ2v) is 4.97. The first-order chi connectivity index (χ1) is 8.08. The zero-order valence-corrected chi connectivity index (χ0v) is 11.3. The minimum atomic E-state index is -0.115. The van der Waals surface area contributed by atoms with Gasteiger partial charge in [0.2, 0.25) is 5.91 Å². The molecule has 1 aromatic heterocycles. The van der Waals surface area contributed by atoms with Gasteiger partial charge in [0.25, 0.3) is 5.91 Å². The first kappa shape index (κ1) is 13.7. The predicted molar refractivity (Wildman–Crippen MR) is 69.3 cm³/mol. The normalized spacial score (nSPS) is 10.1. The fraction of sp³-hybridized carbons (Fsp3) is 0.500. The van der Waals surface area contributed by atoms with Gasteiger partial charge in [-0.25, -0.2) is 0 Å². The average Bonchev–Trinajstić information content (AvgIpc) is 2.72. The summed E-state index contributed by atoms with van der Waals surface area (Å²) in [5.74, 6) is -0.187. The molecule has 0 unspecified atom stereocenters. The van der Waals surface area contributed by atoms with Crippen molar-refractivity contribution >= 4 is 23.2 Å². The maximum absolute atomic E-state index is 12.1. The molecule has 1 N–H and O–H groups in total.